The van der Waals surface area contributed by atoms with Gasteiger partial charge in [-0.1, -0.05) is 16.6 Å². The summed E-state index contributed by atoms with van der Waals surface area (Å²) in [5.74, 6) is 0. The number of allylic oxidation sites excluding steroid dienone is 2. The van der Waals surface area contributed by atoms with Crippen molar-refractivity contribution in [2.45, 2.75) is 6.42 Å². The van der Waals surface area contributed by atoms with Crippen molar-refractivity contribution in [1.29, 1.82) is 0 Å². The highest BCUT2D eigenvalue weighted by Gasteiger charge is 1.88. The van der Waals surface area contributed by atoms with Crippen LogP contribution in [0, 0.1) is 6.92 Å². The van der Waals surface area contributed by atoms with E-state index in [4.69, 9.17) is 0 Å². The SMILES string of the molecule is [CH2]C=CCc1csnn1. The lowest BCUT2D eigenvalue weighted by Gasteiger charge is -1.80. The molecule has 1 radical (unpaired) electrons. The van der Waals surface area contributed by atoms with Crippen molar-refractivity contribution in [3.8, 4) is 0 Å². The van der Waals surface area contributed by atoms with E-state index in [0.29, 0.717) is 0 Å². The molecule has 1 rings (SSSR count). The Balaban J connectivity index is 2.48. The number of rotatable bonds is 2. The molecule has 9 heavy (non-hydrogen) atoms. The molecule has 0 saturated carbocycles. The molecule has 0 fully saturated rings. The van der Waals surface area contributed by atoms with Crippen LogP contribution in [0.15, 0.2) is 17.5 Å². The van der Waals surface area contributed by atoms with Gasteiger partial charge >= 0.3 is 0 Å². The van der Waals surface area contributed by atoms with E-state index in [1.165, 1.54) is 11.5 Å². The van der Waals surface area contributed by atoms with E-state index in [9.17, 15) is 0 Å². The third kappa shape index (κ3) is 1.93. The van der Waals surface area contributed by atoms with Crippen LogP contribution in [0.1, 0.15) is 5.69 Å². The van der Waals surface area contributed by atoms with E-state index in [2.05, 4.69) is 16.5 Å². The quantitative estimate of drug-likeness (QED) is 0.620. The van der Waals surface area contributed by atoms with Gasteiger partial charge < -0.3 is 0 Å². The fourth-order valence-corrected chi connectivity index (χ4v) is 0.941. The van der Waals surface area contributed by atoms with E-state index in [1.54, 1.807) is 6.08 Å². The summed E-state index contributed by atoms with van der Waals surface area (Å²) in [7, 11) is 0. The van der Waals surface area contributed by atoms with Crippen LogP contribution >= 0.6 is 11.5 Å². The number of aromatic nitrogens is 2. The molecule has 1 heterocycles. The Morgan fingerprint density at radius 2 is 2.67 bits per heavy atom. The van der Waals surface area contributed by atoms with Gasteiger partial charge in [-0.3, -0.25) is 0 Å². The molecule has 0 unspecified atom stereocenters. The lowest BCUT2D eigenvalue weighted by molar-refractivity contribution is 1.04. The smallest absolute Gasteiger partial charge is 0.0793 e. The largest absolute Gasteiger partial charge is 0.143 e. The van der Waals surface area contributed by atoms with Gasteiger partial charge in [0.15, 0.2) is 0 Å². The summed E-state index contributed by atoms with van der Waals surface area (Å²) in [4.78, 5) is 0. The summed E-state index contributed by atoms with van der Waals surface area (Å²) in [5.41, 5.74) is 1.01. The lowest BCUT2D eigenvalue weighted by Crippen LogP contribution is -1.78. The van der Waals surface area contributed by atoms with Gasteiger partial charge in [-0.25, -0.2) is 0 Å². The van der Waals surface area contributed by atoms with E-state index in [1.807, 2.05) is 11.5 Å². The van der Waals surface area contributed by atoms with E-state index in [0.717, 1.165) is 12.1 Å². The zero-order chi connectivity index (χ0) is 6.53. The van der Waals surface area contributed by atoms with Crippen LogP contribution in [0.4, 0.5) is 0 Å². The molecule has 3 heteroatoms. The van der Waals surface area contributed by atoms with Gasteiger partial charge in [-0.2, -0.15) is 0 Å². The van der Waals surface area contributed by atoms with Crippen molar-refractivity contribution in [2.24, 2.45) is 0 Å². The summed E-state index contributed by atoms with van der Waals surface area (Å²) in [6.07, 6.45) is 4.57. The van der Waals surface area contributed by atoms with Gasteiger partial charge in [0.25, 0.3) is 0 Å². The van der Waals surface area contributed by atoms with E-state index in [-0.39, 0.29) is 0 Å². The van der Waals surface area contributed by atoms with Crippen LogP contribution in [-0.2, 0) is 6.42 Å². The first-order valence-corrected chi connectivity index (χ1v) is 3.47. The monoisotopic (exact) mass is 139 g/mol. The second-order valence-electron chi connectivity index (χ2n) is 1.57. The van der Waals surface area contributed by atoms with Gasteiger partial charge in [0, 0.05) is 11.8 Å². The molecular weight excluding hydrogens is 132 g/mol. The first-order valence-electron chi connectivity index (χ1n) is 2.63. The van der Waals surface area contributed by atoms with Crippen LogP contribution in [0.2, 0.25) is 0 Å². The van der Waals surface area contributed by atoms with E-state index < -0.39 is 0 Å². The molecule has 0 aliphatic rings. The average molecular weight is 139 g/mol. The first-order chi connectivity index (χ1) is 4.43. The molecule has 0 spiro atoms. The normalized spacial score (nSPS) is 10.8. The molecular formula is C6H7N2S. The topological polar surface area (TPSA) is 25.8 Å². The predicted molar refractivity (Wildman–Crippen MR) is 38.1 cm³/mol. The molecule has 47 valence electrons. The Morgan fingerprint density at radius 3 is 3.22 bits per heavy atom. The number of hydrogen-bond acceptors (Lipinski definition) is 3. The molecule has 0 aliphatic carbocycles. The van der Waals surface area contributed by atoms with Crippen LogP contribution in [0.3, 0.4) is 0 Å². The molecule has 0 aliphatic heterocycles. The molecule has 0 amide bonds. The summed E-state index contributed by atoms with van der Waals surface area (Å²) in [5, 5.41) is 5.77. The second-order valence-corrected chi connectivity index (χ2v) is 2.18. The summed E-state index contributed by atoms with van der Waals surface area (Å²) < 4.78 is 3.71. The van der Waals surface area contributed by atoms with Gasteiger partial charge in [0.2, 0.25) is 0 Å². The minimum absolute atomic E-state index is 0.847. The first kappa shape index (κ1) is 6.42. The van der Waals surface area contributed by atoms with Crippen molar-refractivity contribution in [3.05, 3.63) is 30.1 Å². The fourth-order valence-electron chi connectivity index (χ4n) is 0.477. The van der Waals surface area contributed by atoms with Crippen molar-refractivity contribution < 1.29 is 0 Å². The zero-order valence-electron chi connectivity index (χ0n) is 4.95. The highest BCUT2D eigenvalue weighted by molar-refractivity contribution is 7.03. The molecule has 2 nitrogen and oxygen atoms in total. The maximum atomic E-state index is 3.84. The summed E-state index contributed by atoms with van der Waals surface area (Å²) >= 11 is 1.37. The van der Waals surface area contributed by atoms with Crippen molar-refractivity contribution in [2.75, 3.05) is 0 Å². The average Bonchev–Trinajstić information content (AvgIpc) is 2.34. The molecule has 1 aromatic rings. The second kappa shape index (κ2) is 3.35. The third-order valence-corrected chi connectivity index (χ3v) is 1.45. The molecule has 0 saturated heterocycles. The van der Waals surface area contributed by atoms with Gasteiger partial charge in [0.05, 0.1) is 5.69 Å². The minimum Gasteiger partial charge on any atom is -0.143 e. The Bertz CT molecular complexity index is 179. The predicted octanol–water partition coefficient (Wildman–Crippen LogP) is 1.47. The maximum absolute atomic E-state index is 3.84. The third-order valence-electron chi connectivity index (χ3n) is 0.899. The van der Waals surface area contributed by atoms with Crippen LogP contribution < -0.4 is 0 Å². The molecule has 1 aromatic heterocycles. The zero-order valence-corrected chi connectivity index (χ0v) is 5.77. The molecule has 0 bridgehead atoms. The van der Waals surface area contributed by atoms with Gasteiger partial charge in [-0.15, -0.1) is 5.10 Å². The van der Waals surface area contributed by atoms with Crippen molar-refractivity contribution in [1.82, 2.24) is 9.59 Å². The van der Waals surface area contributed by atoms with Gasteiger partial charge in [-0.05, 0) is 18.5 Å². The standard InChI is InChI=1S/C6H7N2S/c1-2-3-4-6-5-9-8-7-6/h2-3,5H,1,4H2. The van der Waals surface area contributed by atoms with Gasteiger partial charge in [0.1, 0.15) is 0 Å². The Hall–Kier alpha value is -0.700. The highest BCUT2D eigenvalue weighted by Crippen LogP contribution is 1.97. The van der Waals surface area contributed by atoms with Crippen LogP contribution in [-0.4, -0.2) is 9.59 Å². The Kier molecular flexibility index (Phi) is 2.39. The Labute approximate surface area is 58.4 Å². The molecule has 0 atom stereocenters. The fraction of sp³-hybridized carbons (Fsp3) is 0.167. The highest BCUT2D eigenvalue weighted by atomic mass is 32.1. The lowest BCUT2D eigenvalue weighted by atomic mass is 10.3. The molecule has 0 N–H and O–H groups in total. The van der Waals surface area contributed by atoms with Crippen LogP contribution in [0.5, 0.6) is 0 Å². The summed E-state index contributed by atoms with van der Waals surface area (Å²) in [6.45, 7) is 3.56. The maximum Gasteiger partial charge on any atom is 0.0793 e. The molecule has 0 aromatic carbocycles. The number of hydrogen-bond donors (Lipinski definition) is 0. The Morgan fingerprint density at radius 1 is 1.78 bits per heavy atom. The number of nitrogens with zero attached hydrogens (tertiary/aromatic N) is 2. The van der Waals surface area contributed by atoms with E-state index >= 15 is 0 Å². The van der Waals surface area contributed by atoms with Crippen LogP contribution in [0.25, 0.3) is 0 Å². The van der Waals surface area contributed by atoms with Crippen molar-refractivity contribution in [3.63, 3.8) is 0 Å². The summed E-state index contributed by atoms with van der Waals surface area (Å²) in [6, 6.07) is 0. The minimum atomic E-state index is 0.847. The van der Waals surface area contributed by atoms with Crippen molar-refractivity contribution >= 4 is 11.5 Å².